The molecule has 0 N–H and O–H groups in total. The van der Waals surface area contributed by atoms with Gasteiger partial charge in [-0.3, -0.25) is 14.4 Å². The molecule has 2 aromatic carbocycles. The maximum atomic E-state index is 13.4. The number of Topliss-reactive ketones (excluding diaryl/α,β-unsaturated/α-hetero) is 1. The molecule has 33 heavy (non-hydrogen) atoms. The first-order valence-corrected chi connectivity index (χ1v) is 11.4. The van der Waals surface area contributed by atoms with Gasteiger partial charge in [0, 0.05) is 10.6 Å². The van der Waals surface area contributed by atoms with E-state index in [9.17, 15) is 19.2 Å². The summed E-state index contributed by atoms with van der Waals surface area (Å²) in [5.41, 5.74) is 0.683. The second-order valence-electron chi connectivity index (χ2n) is 9.19. The quantitative estimate of drug-likeness (QED) is 0.291. The Balaban J connectivity index is 1.24. The molecule has 0 aromatic heterocycles. The number of para-hydroxylation sites is 1. The number of ketones is 1. The van der Waals surface area contributed by atoms with Crippen molar-refractivity contribution in [1.82, 2.24) is 0 Å². The molecule has 2 saturated carbocycles. The van der Waals surface area contributed by atoms with E-state index in [4.69, 9.17) is 16.3 Å². The molecule has 2 bridgehead atoms. The summed E-state index contributed by atoms with van der Waals surface area (Å²) in [6.45, 7) is -0.459. The SMILES string of the molecule is O=C(COC(=O)c1ccccc1N1C(=O)[C@@H]2[C@@H]3C=C[C@H]([C@H]4C[C@H]34)[C@@H]2C1=O)c1ccc(Cl)cc1. The number of carbonyl (C=O) groups excluding carboxylic acids is 4. The van der Waals surface area contributed by atoms with Crippen LogP contribution in [0.2, 0.25) is 5.02 Å². The molecule has 6 nitrogen and oxygen atoms in total. The van der Waals surface area contributed by atoms with E-state index in [1.165, 1.54) is 11.0 Å². The first-order chi connectivity index (χ1) is 16.0. The Morgan fingerprint density at radius 3 is 2.15 bits per heavy atom. The molecule has 3 fully saturated rings. The van der Waals surface area contributed by atoms with Crippen LogP contribution in [0.3, 0.4) is 0 Å². The maximum Gasteiger partial charge on any atom is 0.340 e. The van der Waals surface area contributed by atoms with Crippen molar-refractivity contribution < 1.29 is 23.9 Å². The zero-order valence-electron chi connectivity index (χ0n) is 17.5. The Hall–Kier alpha value is -3.25. The van der Waals surface area contributed by atoms with Crippen LogP contribution in [0.5, 0.6) is 0 Å². The molecule has 0 spiro atoms. The lowest BCUT2D eigenvalue weighted by Gasteiger charge is -2.37. The van der Waals surface area contributed by atoms with Crippen molar-refractivity contribution >= 4 is 40.9 Å². The number of rotatable bonds is 5. The van der Waals surface area contributed by atoms with Crippen LogP contribution in [-0.4, -0.2) is 30.2 Å². The number of carbonyl (C=O) groups is 4. The zero-order chi connectivity index (χ0) is 22.9. The molecule has 166 valence electrons. The average molecular weight is 462 g/mol. The monoisotopic (exact) mass is 461 g/mol. The predicted octanol–water partition coefficient (Wildman–Crippen LogP) is 3.94. The average Bonchev–Trinajstić information content (AvgIpc) is 3.61. The topological polar surface area (TPSA) is 80.8 Å². The summed E-state index contributed by atoms with van der Waals surface area (Å²) in [6.07, 6.45) is 5.30. The van der Waals surface area contributed by atoms with Gasteiger partial charge in [-0.05, 0) is 66.5 Å². The fourth-order valence-corrected chi connectivity index (χ4v) is 6.09. The Kier molecular flexibility index (Phi) is 4.56. The zero-order valence-corrected chi connectivity index (χ0v) is 18.3. The van der Waals surface area contributed by atoms with Gasteiger partial charge in [0.05, 0.1) is 23.1 Å². The standard InChI is InChI=1S/C26H20ClNO5/c27-14-7-5-13(6-8-14)21(29)12-33-26(32)17-3-1-2-4-20(17)28-24(30)22-15-9-10-16(19-11-18(15)19)23(22)25(28)31/h1-10,15-16,18-19,22-23H,11-12H2/t15-,16-,18-,19-,22-,23+/m1/s1. The van der Waals surface area contributed by atoms with E-state index in [2.05, 4.69) is 12.2 Å². The summed E-state index contributed by atoms with van der Waals surface area (Å²) in [5, 5.41) is 0.499. The minimum Gasteiger partial charge on any atom is -0.454 e. The summed E-state index contributed by atoms with van der Waals surface area (Å²) in [4.78, 5) is 53.3. The number of hydrogen-bond donors (Lipinski definition) is 0. The molecule has 7 heteroatoms. The smallest absolute Gasteiger partial charge is 0.340 e. The van der Waals surface area contributed by atoms with Crippen molar-refractivity contribution in [2.24, 2.45) is 35.5 Å². The fourth-order valence-electron chi connectivity index (χ4n) is 5.96. The van der Waals surface area contributed by atoms with Gasteiger partial charge in [0.1, 0.15) is 0 Å². The summed E-state index contributed by atoms with van der Waals surface area (Å²) < 4.78 is 5.26. The number of hydrogen-bond acceptors (Lipinski definition) is 5. The van der Waals surface area contributed by atoms with Crippen LogP contribution >= 0.6 is 11.6 Å². The highest BCUT2D eigenvalue weighted by molar-refractivity contribution is 6.30. The van der Waals surface area contributed by atoms with Crippen LogP contribution in [-0.2, 0) is 14.3 Å². The second-order valence-corrected chi connectivity index (χ2v) is 9.63. The van der Waals surface area contributed by atoms with E-state index in [1.807, 2.05) is 0 Å². The van der Waals surface area contributed by atoms with Crippen molar-refractivity contribution in [3.8, 4) is 0 Å². The van der Waals surface area contributed by atoms with Gasteiger partial charge in [-0.1, -0.05) is 35.9 Å². The molecule has 1 saturated heterocycles. The van der Waals surface area contributed by atoms with Crippen LogP contribution in [0.1, 0.15) is 27.1 Å². The largest absolute Gasteiger partial charge is 0.454 e. The highest BCUT2D eigenvalue weighted by Crippen LogP contribution is 2.65. The molecular formula is C26H20ClNO5. The molecule has 1 aliphatic heterocycles. The number of allylic oxidation sites excluding steroid dienone is 2. The van der Waals surface area contributed by atoms with Gasteiger partial charge in [-0.2, -0.15) is 0 Å². The van der Waals surface area contributed by atoms with Gasteiger partial charge in [-0.25, -0.2) is 9.69 Å². The highest BCUT2D eigenvalue weighted by Gasteiger charge is 2.67. The summed E-state index contributed by atoms with van der Waals surface area (Å²) in [6, 6.07) is 12.7. The number of ether oxygens (including phenoxy) is 1. The minimum absolute atomic E-state index is 0.0900. The first kappa shape index (κ1) is 20.4. The van der Waals surface area contributed by atoms with Crippen LogP contribution < -0.4 is 4.90 Å². The Bertz CT molecular complexity index is 1200. The maximum absolute atomic E-state index is 13.4. The summed E-state index contributed by atoms with van der Waals surface area (Å²) in [7, 11) is 0. The number of esters is 1. The van der Waals surface area contributed by atoms with Gasteiger partial charge in [0.2, 0.25) is 11.8 Å². The molecule has 0 unspecified atom stereocenters. The second kappa shape index (κ2) is 7.39. The van der Waals surface area contributed by atoms with Crippen molar-refractivity contribution in [2.75, 3.05) is 11.5 Å². The number of anilines is 1. The third-order valence-corrected chi connectivity index (χ3v) is 7.78. The van der Waals surface area contributed by atoms with Crippen LogP contribution in [0.15, 0.2) is 60.7 Å². The molecule has 2 amide bonds. The van der Waals surface area contributed by atoms with Crippen LogP contribution in [0.25, 0.3) is 0 Å². The Labute approximate surface area is 195 Å². The van der Waals surface area contributed by atoms with Gasteiger partial charge in [-0.15, -0.1) is 0 Å². The number of benzene rings is 2. The van der Waals surface area contributed by atoms with Crippen molar-refractivity contribution in [3.05, 3.63) is 76.8 Å². The van der Waals surface area contributed by atoms with Gasteiger partial charge < -0.3 is 4.74 Å². The summed E-state index contributed by atoms with van der Waals surface area (Å²) >= 11 is 5.84. The van der Waals surface area contributed by atoms with Gasteiger partial charge in [0.25, 0.3) is 0 Å². The van der Waals surface area contributed by atoms with Crippen molar-refractivity contribution in [3.63, 3.8) is 0 Å². The molecule has 7 rings (SSSR count). The summed E-state index contributed by atoms with van der Waals surface area (Å²) in [5.74, 6) is -1.14. The lowest BCUT2D eigenvalue weighted by Crippen LogP contribution is -2.40. The molecule has 6 atom stereocenters. The van der Waals surface area contributed by atoms with E-state index in [1.54, 1.807) is 42.5 Å². The lowest BCUT2D eigenvalue weighted by molar-refractivity contribution is -0.124. The minimum atomic E-state index is -0.757. The fraction of sp³-hybridized carbons (Fsp3) is 0.308. The van der Waals surface area contributed by atoms with Crippen LogP contribution in [0.4, 0.5) is 5.69 Å². The third-order valence-electron chi connectivity index (χ3n) is 7.53. The number of amides is 2. The lowest BCUT2D eigenvalue weighted by atomic mass is 9.63. The van der Waals surface area contributed by atoms with E-state index in [-0.39, 0.29) is 52.5 Å². The number of halogens is 1. The van der Waals surface area contributed by atoms with Crippen molar-refractivity contribution in [1.29, 1.82) is 0 Å². The molecule has 4 aliphatic carbocycles. The van der Waals surface area contributed by atoms with Crippen LogP contribution in [0, 0.1) is 35.5 Å². The van der Waals surface area contributed by atoms with E-state index < -0.39 is 12.6 Å². The first-order valence-electron chi connectivity index (χ1n) is 11.1. The predicted molar refractivity (Wildman–Crippen MR) is 120 cm³/mol. The highest BCUT2D eigenvalue weighted by atomic mass is 35.5. The van der Waals surface area contributed by atoms with Gasteiger partial charge in [0.15, 0.2) is 12.4 Å². The van der Waals surface area contributed by atoms with E-state index >= 15 is 0 Å². The number of nitrogens with zero attached hydrogens (tertiary/aromatic N) is 1. The third kappa shape index (κ3) is 3.08. The molecule has 1 heterocycles. The molecule has 5 aliphatic rings. The van der Waals surface area contributed by atoms with E-state index in [0.29, 0.717) is 22.4 Å². The van der Waals surface area contributed by atoms with Gasteiger partial charge >= 0.3 is 5.97 Å². The number of imide groups is 1. The normalized spacial score (nSPS) is 30.8. The molecular weight excluding hydrogens is 442 g/mol. The van der Waals surface area contributed by atoms with E-state index in [0.717, 1.165) is 6.42 Å². The molecule has 0 radical (unpaired) electrons. The Morgan fingerprint density at radius 2 is 1.52 bits per heavy atom. The molecule has 2 aromatic rings. The Morgan fingerprint density at radius 1 is 0.909 bits per heavy atom. The van der Waals surface area contributed by atoms with Crippen molar-refractivity contribution in [2.45, 2.75) is 6.42 Å².